The molecule has 22 heavy (non-hydrogen) atoms. The smallest absolute Gasteiger partial charge is 0.245 e. The van der Waals surface area contributed by atoms with Gasteiger partial charge in [-0.05, 0) is 25.1 Å². The number of hydrogen-bond donors (Lipinski definition) is 2. The van der Waals surface area contributed by atoms with Gasteiger partial charge in [-0.25, -0.2) is 4.98 Å². The van der Waals surface area contributed by atoms with Crippen molar-refractivity contribution >= 4 is 45.0 Å². The van der Waals surface area contributed by atoms with Crippen molar-refractivity contribution in [1.82, 2.24) is 10.3 Å². The van der Waals surface area contributed by atoms with Gasteiger partial charge < -0.3 is 20.1 Å². The number of carbonyl (C=O) groups is 1. The number of rotatable bonds is 3. The number of hydrogen-bond acceptors (Lipinski definition) is 6. The van der Waals surface area contributed by atoms with E-state index < -0.39 is 0 Å². The highest BCUT2D eigenvalue weighted by Crippen LogP contribution is 2.29. The molecule has 1 aromatic carbocycles. The number of nitrogens with one attached hydrogen (secondary N) is 2. The highest BCUT2D eigenvalue weighted by atomic mass is 35.5. The van der Waals surface area contributed by atoms with E-state index in [0.717, 1.165) is 16.0 Å². The summed E-state index contributed by atoms with van der Waals surface area (Å²) in [5.74, 6) is 0.660. The van der Waals surface area contributed by atoms with E-state index in [9.17, 15) is 4.79 Å². The molecule has 8 heteroatoms. The van der Waals surface area contributed by atoms with Crippen LogP contribution in [0, 0.1) is 0 Å². The molecule has 3 rings (SSSR count). The number of thiazole rings is 1. The molecule has 1 fully saturated rings. The van der Waals surface area contributed by atoms with Crippen molar-refractivity contribution in [1.29, 1.82) is 0 Å². The third-order valence-corrected chi connectivity index (χ3v) is 4.36. The van der Waals surface area contributed by atoms with Crippen LogP contribution in [0.5, 0.6) is 5.75 Å². The number of carbonyl (C=O) groups excluding carboxylic acids is 1. The average molecular weight is 344 g/mol. The molecule has 2 aromatic rings. The van der Waals surface area contributed by atoms with Crippen molar-refractivity contribution in [2.45, 2.75) is 19.1 Å². The Balaban J connectivity index is 0.00000176. The van der Waals surface area contributed by atoms with E-state index >= 15 is 0 Å². The molecule has 1 aliphatic rings. The predicted molar refractivity (Wildman–Crippen MR) is 89.3 cm³/mol. The molecule has 1 aromatic heterocycles. The van der Waals surface area contributed by atoms with Crippen LogP contribution in [0.4, 0.5) is 5.13 Å². The van der Waals surface area contributed by atoms with E-state index in [1.54, 1.807) is 7.11 Å². The number of benzene rings is 1. The molecule has 2 atom stereocenters. The molecule has 0 bridgehead atoms. The van der Waals surface area contributed by atoms with E-state index in [1.807, 2.05) is 25.1 Å². The first-order chi connectivity index (χ1) is 10.2. The van der Waals surface area contributed by atoms with E-state index in [4.69, 9.17) is 9.47 Å². The fraction of sp³-hybridized carbons (Fsp3) is 0.429. The van der Waals surface area contributed by atoms with Gasteiger partial charge in [0.05, 0.1) is 30.0 Å². The molecule has 0 radical (unpaired) electrons. The Morgan fingerprint density at radius 3 is 3.09 bits per heavy atom. The Morgan fingerprint density at radius 2 is 2.36 bits per heavy atom. The first kappa shape index (κ1) is 17.0. The van der Waals surface area contributed by atoms with E-state index in [1.165, 1.54) is 11.3 Å². The van der Waals surface area contributed by atoms with Crippen LogP contribution < -0.4 is 15.4 Å². The number of fused-ring (bicyclic) bond motifs is 1. The van der Waals surface area contributed by atoms with Gasteiger partial charge in [0.2, 0.25) is 5.91 Å². The summed E-state index contributed by atoms with van der Waals surface area (Å²) in [7, 11) is 1.63. The second kappa shape index (κ2) is 7.23. The Morgan fingerprint density at radius 1 is 1.55 bits per heavy atom. The topological polar surface area (TPSA) is 72.5 Å². The van der Waals surface area contributed by atoms with E-state index in [0.29, 0.717) is 18.3 Å². The minimum atomic E-state index is -0.347. The fourth-order valence-electron chi connectivity index (χ4n) is 2.30. The lowest BCUT2D eigenvalue weighted by Crippen LogP contribution is -2.53. The predicted octanol–water partition coefficient (Wildman–Crippen LogP) is 2.04. The van der Waals surface area contributed by atoms with Gasteiger partial charge in [-0.1, -0.05) is 11.3 Å². The Labute approximate surface area is 138 Å². The third kappa shape index (κ3) is 3.49. The molecule has 2 heterocycles. The maximum absolute atomic E-state index is 12.3. The third-order valence-electron chi connectivity index (χ3n) is 3.42. The standard InChI is InChI=1S/C14H17N3O3S.ClH/c1-8-12(15-5-6-20-8)13(18)17-14-16-10-4-3-9(19-2)7-11(10)21-14;/h3-4,7-8,12,15H,5-6H2,1-2H3,(H,16,17,18);1H/t8-,12+;/m1./s1. The van der Waals surface area contributed by atoms with Crippen molar-refractivity contribution in [3.8, 4) is 5.75 Å². The lowest BCUT2D eigenvalue weighted by molar-refractivity contribution is -0.123. The van der Waals surface area contributed by atoms with Gasteiger partial charge in [0.25, 0.3) is 0 Å². The quantitative estimate of drug-likeness (QED) is 0.892. The summed E-state index contributed by atoms with van der Waals surface area (Å²) >= 11 is 1.43. The lowest BCUT2D eigenvalue weighted by atomic mass is 10.1. The van der Waals surface area contributed by atoms with Crippen LogP contribution in [0.25, 0.3) is 10.2 Å². The second-order valence-corrected chi connectivity index (χ2v) is 5.88. The summed E-state index contributed by atoms with van der Waals surface area (Å²) in [6, 6.07) is 5.30. The molecular weight excluding hydrogens is 326 g/mol. The number of aromatic nitrogens is 1. The van der Waals surface area contributed by atoms with Crippen LogP contribution in [0.2, 0.25) is 0 Å². The minimum absolute atomic E-state index is 0. The van der Waals surface area contributed by atoms with Crippen LogP contribution in [0.3, 0.4) is 0 Å². The molecule has 1 amide bonds. The highest BCUT2D eigenvalue weighted by molar-refractivity contribution is 7.22. The van der Waals surface area contributed by atoms with Crippen LogP contribution >= 0.6 is 23.7 Å². The summed E-state index contributed by atoms with van der Waals surface area (Å²) in [6.07, 6.45) is -0.145. The van der Waals surface area contributed by atoms with Gasteiger partial charge in [-0.15, -0.1) is 12.4 Å². The number of methoxy groups -OCH3 is 1. The SMILES string of the molecule is COc1ccc2nc(NC(=O)[C@H]3NCCO[C@@H]3C)sc2c1.Cl. The number of halogens is 1. The zero-order valence-electron chi connectivity index (χ0n) is 12.3. The fourth-order valence-corrected chi connectivity index (χ4v) is 3.19. The van der Waals surface area contributed by atoms with Gasteiger partial charge in [-0.2, -0.15) is 0 Å². The van der Waals surface area contributed by atoms with Gasteiger partial charge in [0.1, 0.15) is 11.8 Å². The molecule has 6 nitrogen and oxygen atoms in total. The van der Waals surface area contributed by atoms with Crippen LogP contribution in [0.15, 0.2) is 18.2 Å². The first-order valence-corrected chi connectivity index (χ1v) is 7.59. The highest BCUT2D eigenvalue weighted by Gasteiger charge is 2.28. The first-order valence-electron chi connectivity index (χ1n) is 6.78. The summed E-state index contributed by atoms with van der Waals surface area (Å²) in [6.45, 7) is 3.20. The summed E-state index contributed by atoms with van der Waals surface area (Å²) < 4.78 is 11.6. The second-order valence-electron chi connectivity index (χ2n) is 4.85. The molecule has 1 aliphatic heterocycles. The summed E-state index contributed by atoms with van der Waals surface area (Å²) in [5.41, 5.74) is 0.844. The van der Waals surface area contributed by atoms with Crippen molar-refractivity contribution in [3.63, 3.8) is 0 Å². The normalized spacial score (nSPS) is 21.2. The summed E-state index contributed by atoms with van der Waals surface area (Å²) in [5, 5.41) is 6.60. The molecule has 1 saturated heterocycles. The zero-order valence-corrected chi connectivity index (χ0v) is 13.9. The Hall–Kier alpha value is -1.41. The average Bonchev–Trinajstić information content (AvgIpc) is 2.88. The van der Waals surface area contributed by atoms with Crippen LogP contribution in [0.1, 0.15) is 6.92 Å². The number of nitrogens with zero attached hydrogens (tertiary/aromatic N) is 1. The Bertz CT molecular complexity index is 664. The zero-order chi connectivity index (χ0) is 14.8. The molecular formula is C14H18ClN3O3S. The monoisotopic (exact) mass is 343 g/mol. The maximum Gasteiger partial charge on any atom is 0.245 e. The molecule has 0 spiro atoms. The lowest BCUT2D eigenvalue weighted by Gasteiger charge is -2.28. The number of ether oxygens (including phenoxy) is 2. The molecule has 120 valence electrons. The van der Waals surface area contributed by atoms with Gasteiger partial charge >= 0.3 is 0 Å². The van der Waals surface area contributed by atoms with Gasteiger partial charge in [0.15, 0.2) is 5.13 Å². The van der Waals surface area contributed by atoms with Crippen molar-refractivity contribution in [2.24, 2.45) is 0 Å². The molecule has 2 N–H and O–H groups in total. The Kier molecular flexibility index (Phi) is 5.57. The van der Waals surface area contributed by atoms with E-state index in [-0.39, 0.29) is 30.5 Å². The molecule has 0 saturated carbocycles. The number of morpholine rings is 1. The largest absolute Gasteiger partial charge is 0.497 e. The van der Waals surface area contributed by atoms with Crippen molar-refractivity contribution in [2.75, 3.05) is 25.6 Å². The summed E-state index contributed by atoms with van der Waals surface area (Å²) in [4.78, 5) is 16.7. The molecule has 0 unspecified atom stereocenters. The van der Waals surface area contributed by atoms with Crippen molar-refractivity contribution < 1.29 is 14.3 Å². The number of anilines is 1. The van der Waals surface area contributed by atoms with Crippen LogP contribution in [-0.2, 0) is 9.53 Å². The van der Waals surface area contributed by atoms with Gasteiger partial charge in [-0.3, -0.25) is 4.79 Å². The van der Waals surface area contributed by atoms with Gasteiger partial charge in [0, 0.05) is 6.54 Å². The minimum Gasteiger partial charge on any atom is -0.497 e. The van der Waals surface area contributed by atoms with Crippen LogP contribution in [-0.4, -0.2) is 43.3 Å². The molecule has 0 aliphatic carbocycles. The van der Waals surface area contributed by atoms with E-state index in [2.05, 4.69) is 15.6 Å². The van der Waals surface area contributed by atoms with Crippen molar-refractivity contribution in [3.05, 3.63) is 18.2 Å². The number of amides is 1. The maximum atomic E-state index is 12.3.